The van der Waals surface area contributed by atoms with Gasteiger partial charge in [0.2, 0.25) is 0 Å². The van der Waals surface area contributed by atoms with E-state index in [1.54, 1.807) is 23.1 Å². The van der Waals surface area contributed by atoms with Gasteiger partial charge in [-0.05, 0) is 44.9 Å². The summed E-state index contributed by atoms with van der Waals surface area (Å²) in [5, 5.41) is 12.7. The Kier molecular flexibility index (Phi) is 7.43. The summed E-state index contributed by atoms with van der Waals surface area (Å²) in [6.07, 6.45) is 6.66. The van der Waals surface area contributed by atoms with Crippen LogP contribution in [-0.2, 0) is 0 Å². The molecule has 182 valence electrons. The molecule has 0 bridgehead atoms. The van der Waals surface area contributed by atoms with Crippen LogP contribution in [0.3, 0.4) is 0 Å². The van der Waals surface area contributed by atoms with Gasteiger partial charge in [-0.25, -0.2) is 4.98 Å². The van der Waals surface area contributed by atoms with E-state index in [9.17, 15) is 14.7 Å². The molecule has 1 aromatic heterocycles. The van der Waals surface area contributed by atoms with Crippen LogP contribution in [0, 0.1) is 11.8 Å². The molecule has 34 heavy (non-hydrogen) atoms. The van der Waals surface area contributed by atoms with Gasteiger partial charge in [0.1, 0.15) is 11.8 Å². The molecule has 1 aromatic carbocycles. The Morgan fingerprint density at radius 1 is 1.32 bits per heavy atom. The smallest absolute Gasteiger partial charge is 0.275 e. The summed E-state index contributed by atoms with van der Waals surface area (Å²) in [4.78, 5) is 38.3. The summed E-state index contributed by atoms with van der Waals surface area (Å²) in [5.41, 5.74) is 0.933. The maximum atomic E-state index is 13.5. The first-order chi connectivity index (χ1) is 16.4. The van der Waals surface area contributed by atoms with Crippen LogP contribution in [-0.4, -0.2) is 82.1 Å². The minimum atomic E-state index is -0.435. The fourth-order valence-electron chi connectivity index (χ4n) is 4.29. The fourth-order valence-corrected chi connectivity index (χ4v) is 4.29. The molecule has 2 aliphatic rings. The normalized spacial score (nSPS) is 21.3. The number of aliphatic hydroxyl groups excluding tert-OH is 1. The number of para-hydroxylation sites is 1. The minimum absolute atomic E-state index is 0.0106. The molecule has 0 unspecified atom stereocenters. The first-order valence-corrected chi connectivity index (χ1v) is 11.8. The number of hydrogen-bond donors (Lipinski definition) is 2. The number of aromatic nitrogens is 2. The molecule has 1 saturated carbocycles. The predicted octanol–water partition coefficient (Wildman–Crippen LogP) is 2.29. The van der Waals surface area contributed by atoms with E-state index < -0.39 is 5.91 Å². The van der Waals surface area contributed by atoms with Gasteiger partial charge in [-0.2, -0.15) is 0 Å². The molecular formula is C25H33N5O4. The number of ether oxygens (including phenoxy) is 1. The SMILES string of the molecule is C[C@@H]1CN([C@@H](C)CO)C(=O)c2cccc(NC(=O)c3cnccn3)c2O[C@H]1CN(C)CC1CC1. The zero-order chi connectivity index (χ0) is 24.2. The zero-order valence-corrected chi connectivity index (χ0v) is 20.0. The van der Waals surface area contributed by atoms with Crippen LogP contribution in [0.15, 0.2) is 36.8 Å². The van der Waals surface area contributed by atoms with Gasteiger partial charge >= 0.3 is 0 Å². The van der Waals surface area contributed by atoms with Crippen molar-refractivity contribution in [3.8, 4) is 5.75 Å². The summed E-state index contributed by atoms with van der Waals surface area (Å²) in [7, 11) is 2.09. The standard InChI is InChI=1S/C25H33N5O4/c1-16-12-30(17(2)15-31)25(33)19-5-4-6-20(28-24(32)21-11-26-9-10-27-21)23(19)34-22(16)14-29(3)13-18-7-8-18/h4-6,9-11,16-18,22,31H,7-8,12-15H2,1-3H3,(H,28,32)/t16-,17+,22+/m1/s1. The summed E-state index contributed by atoms with van der Waals surface area (Å²) >= 11 is 0. The maximum Gasteiger partial charge on any atom is 0.275 e. The van der Waals surface area contributed by atoms with E-state index in [1.807, 2.05) is 6.92 Å². The third-order valence-electron chi connectivity index (χ3n) is 6.49. The van der Waals surface area contributed by atoms with Gasteiger partial charge < -0.3 is 25.0 Å². The van der Waals surface area contributed by atoms with Crippen molar-refractivity contribution in [2.45, 2.75) is 38.8 Å². The van der Waals surface area contributed by atoms with E-state index in [0.29, 0.717) is 30.1 Å². The number of fused-ring (bicyclic) bond motifs is 1. The van der Waals surface area contributed by atoms with Gasteiger partial charge in [0.25, 0.3) is 11.8 Å². The molecular weight excluding hydrogens is 434 g/mol. The van der Waals surface area contributed by atoms with E-state index in [4.69, 9.17) is 4.74 Å². The number of rotatable bonds is 8. The number of amides is 2. The first kappa shape index (κ1) is 24.1. The van der Waals surface area contributed by atoms with Gasteiger partial charge in [-0.1, -0.05) is 13.0 Å². The van der Waals surface area contributed by atoms with Crippen molar-refractivity contribution in [2.75, 3.05) is 38.6 Å². The monoisotopic (exact) mass is 467 g/mol. The zero-order valence-electron chi connectivity index (χ0n) is 20.0. The van der Waals surface area contributed by atoms with E-state index in [1.165, 1.54) is 31.4 Å². The first-order valence-electron chi connectivity index (χ1n) is 11.8. The second kappa shape index (κ2) is 10.5. The summed E-state index contributed by atoms with van der Waals surface area (Å²) < 4.78 is 6.52. The molecule has 0 saturated heterocycles. The quantitative estimate of drug-likeness (QED) is 0.613. The predicted molar refractivity (Wildman–Crippen MR) is 128 cm³/mol. The van der Waals surface area contributed by atoms with Crippen molar-refractivity contribution in [1.29, 1.82) is 0 Å². The number of aliphatic hydroxyl groups is 1. The molecule has 4 rings (SSSR count). The van der Waals surface area contributed by atoms with Crippen LogP contribution in [0.4, 0.5) is 5.69 Å². The third kappa shape index (κ3) is 5.53. The number of hydrogen-bond acceptors (Lipinski definition) is 7. The van der Waals surface area contributed by atoms with Gasteiger partial charge in [0.15, 0.2) is 5.75 Å². The Bertz CT molecular complexity index is 1010. The topological polar surface area (TPSA) is 108 Å². The molecule has 1 aliphatic heterocycles. The van der Waals surface area contributed by atoms with Crippen molar-refractivity contribution in [1.82, 2.24) is 19.8 Å². The Morgan fingerprint density at radius 2 is 2.12 bits per heavy atom. The largest absolute Gasteiger partial charge is 0.486 e. The van der Waals surface area contributed by atoms with Crippen molar-refractivity contribution in [3.05, 3.63) is 48.0 Å². The molecule has 2 amide bonds. The van der Waals surface area contributed by atoms with E-state index in [-0.39, 0.29) is 36.3 Å². The lowest BCUT2D eigenvalue weighted by atomic mass is 9.99. The van der Waals surface area contributed by atoms with Crippen molar-refractivity contribution < 1.29 is 19.4 Å². The Hall–Kier alpha value is -3.04. The summed E-state index contributed by atoms with van der Waals surface area (Å²) in [5.74, 6) is 0.433. The summed E-state index contributed by atoms with van der Waals surface area (Å²) in [6.45, 7) is 5.94. The lowest BCUT2D eigenvalue weighted by molar-refractivity contribution is 0.0345. The average molecular weight is 468 g/mol. The molecule has 3 atom stereocenters. The highest BCUT2D eigenvalue weighted by atomic mass is 16.5. The molecule has 2 N–H and O–H groups in total. The number of nitrogens with one attached hydrogen (secondary N) is 1. The van der Waals surface area contributed by atoms with Crippen LogP contribution in [0.25, 0.3) is 0 Å². The maximum absolute atomic E-state index is 13.5. The van der Waals surface area contributed by atoms with Crippen molar-refractivity contribution >= 4 is 17.5 Å². The molecule has 1 aliphatic carbocycles. The highest BCUT2D eigenvalue weighted by Crippen LogP contribution is 2.35. The van der Waals surface area contributed by atoms with Crippen LogP contribution in [0.2, 0.25) is 0 Å². The van der Waals surface area contributed by atoms with Crippen LogP contribution in [0.5, 0.6) is 5.75 Å². The number of nitrogens with zero attached hydrogens (tertiary/aromatic N) is 4. The van der Waals surface area contributed by atoms with Gasteiger partial charge in [0.05, 0.1) is 30.1 Å². The summed E-state index contributed by atoms with van der Waals surface area (Å²) in [6, 6.07) is 4.79. The van der Waals surface area contributed by atoms with Crippen molar-refractivity contribution in [3.63, 3.8) is 0 Å². The highest BCUT2D eigenvalue weighted by molar-refractivity contribution is 6.06. The number of likely N-dealkylation sites (N-methyl/N-ethyl adjacent to an activating group) is 1. The number of anilines is 1. The van der Waals surface area contributed by atoms with E-state index >= 15 is 0 Å². The number of carbonyl (C=O) groups excluding carboxylic acids is 2. The van der Waals surface area contributed by atoms with E-state index in [2.05, 4.69) is 34.2 Å². The molecule has 1 fully saturated rings. The van der Waals surface area contributed by atoms with Gasteiger partial charge in [0, 0.05) is 37.9 Å². The van der Waals surface area contributed by atoms with Gasteiger partial charge in [-0.3, -0.25) is 14.6 Å². The van der Waals surface area contributed by atoms with Crippen molar-refractivity contribution in [2.24, 2.45) is 11.8 Å². The lowest BCUT2D eigenvalue weighted by Gasteiger charge is -2.38. The van der Waals surface area contributed by atoms with Crippen LogP contribution < -0.4 is 10.1 Å². The Morgan fingerprint density at radius 3 is 2.79 bits per heavy atom. The molecule has 2 heterocycles. The minimum Gasteiger partial charge on any atom is -0.486 e. The van der Waals surface area contributed by atoms with E-state index in [0.717, 1.165) is 12.5 Å². The number of carbonyl (C=O) groups is 2. The second-order valence-electron chi connectivity index (χ2n) is 9.51. The molecule has 0 spiro atoms. The number of benzene rings is 1. The molecule has 9 nitrogen and oxygen atoms in total. The lowest BCUT2D eigenvalue weighted by Crippen LogP contribution is -2.50. The third-order valence-corrected chi connectivity index (χ3v) is 6.49. The second-order valence-corrected chi connectivity index (χ2v) is 9.51. The highest BCUT2D eigenvalue weighted by Gasteiger charge is 2.35. The Labute approximate surface area is 200 Å². The van der Waals surface area contributed by atoms with Gasteiger partial charge in [-0.15, -0.1) is 0 Å². The molecule has 0 radical (unpaired) electrons. The Balaban J connectivity index is 1.68. The molecule has 9 heteroatoms. The van der Waals surface area contributed by atoms with Crippen LogP contribution in [0.1, 0.15) is 47.5 Å². The fraction of sp³-hybridized carbons (Fsp3) is 0.520. The average Bonchev–Trinajstić information content (AvgIpc) is 3.65. The van der Waals surface area contributed by atoms with Crippen LogP contribution >= 0.6 is 0 Å². The molecule has 2 aromatic rings.